The van der Waals surface area contributed by atoms with Crippen LogP contribution in [-0.4, -0.2) is 21.0 Å². The van der Waals surface area contributed by atoms with E-state index in [-0.39, 0.29) is 22.9 Å². The summed E-state index contributed by atoms with van der Waals surface area (Å²) < 4.78 is 0.380. The predicted molar refractivity (Wildman–Crippen MR) is 82.2 cm³/mol. The predicted octanol–water partition coefficient (Wildman–Crippen LogP) is 4.02. The number of aliphatic imine (C=N–C) groups is 1. The Balaban J connectivity index is 2.47. The van der Waals surface area contributed by atoms with E-state index in [0.29, 0.717) is 10.2 Å². The lowest BCUT2D eigenvalue weighted by molar-refractivity contribution is 0.459. The number of halogens is 1. The molecule has 0 radical (unpaired) electrons. The molecule has 0 saturated carbocycles. The first-order chi connectivity index (χ1) is 9.38. The zero-order valence-electron chi connectivity index (χ0n) is 11.1. The summed E-state index contributed by atoms with van der Waals surface area (Å²) in [5.41, 5.74) is 2.53. The maximum absolute atomic E-state index is 9.91. The molecule has 0 spiro atoms. The highest BCUT2D eigenvalue weighted by Crippen LogP contribution is 2.38. The Morgan fingerprint density at radius 2 is 1.80 bits per heavy atom. The number of aryl methyl sites for hydroxylation is 1. The second-order valence-corrected chi connectivity index (χ2v) is 5.35. The molecule has 0 aromatic heterocycles. The summed E-state index contributed by atoms with van der Waals surface area (Å²) in [5, 5.41) is 29.0. The van der Waals surface area contributed by atoms with E-state index in [0.717, 1.165) is 11.1 Å². The third kappa shape index (κ3) is 2.93. The van der Waals surface area contributed by atoms with Crippen molar-refractivity contribution in [3.63, 3.8) is 0 Å². The molecule has 0 atom stereocenters. The highest BCUT2D eigenvalue weighted by molar-refractivity contribution is 9.10. The molecule has 0 bridgehead atoms. The van der Waals surface area contributed by atoms with E-state index in [2.05, 4.69) is 20.9 Å². The molecular weight excluding hydrogens is 322 g/mol. The second kappa shape index (κ2) is 5.54. The van der Waals surface area contributed by atoms with E-state index < -0.39 is 0 Å². The van der Waals surface area contributed by atoms with Gasteiger partial charge in [-0.2, -0.15) is 0 Å². The topological polar surface area (TPSA) is 73.1 Å². The van der Waals surface area contributed by atoms with E-state index in [9.17, 15) is 15.3 Å². The molecule has 2 aromatic rings. The molecule has 0 amide bonds. The lowest BCUT2D eigenvalue weighted by atomic mass is 10.1. The average Bonchev–Trinajstić information content (AvgIpc) is 2.38. The number of rotatable bonds is 2. The Bertz CT molecular complexity index is 696. The van der Waals surface area contributed by atoms with E-state index in [1.54, 1.807) is 26.0 Å². The number of phenols is 3. The standard InChI is InChI=1S/C15H14BrNO3/c1-8-5-10(3-4-14(8)19)9(2)17-13-7-11(18)6-12(16)15(13)20/h3-7,18-20H,1-2H3/b17-9+. The van der Waals surface area contributed by atoms with Gasteiger partial charge in [-0.05, 0) is 65.2 Å². The minimum atomic E-state index is -0.0300. The maximum atomic E-state index is 9.91. The van der Waals surface area contributed by atoms with Gasteiger partial charge in [-0.1, -0.05) is 0 Å². The third-order valence-corrected chi connectivity index (χ3v) is 3.54. The third-order valence-electron chi connectivity index (χ3n) is 2.93. The normalized spacial score (nSPS) is 11.7. The van der Waals surface area contributed by atoms with Crippen molar-refractivity contribution >= 4 is 27.3 Å². The summed E-state index contributed by atoms with van der Waals surface area (Å²) >= 11 is 3.15. The van der Waals surface area contributed by atoms with Crippen LogP contribution in [0.25, 0.3) is 0 Å². The minimum absolute atomic E-state index is 0.0168. The summed E-state index contributed by atoms with van der Waals surface area (Å²) in [7, 11) is 0. The van der Waals surface area contributed by atoms with Crippen LogP contribution in [0, 0.1) is 6.92 Å². The molecule has 0 fully saturated rings. The van der Waals surface area contributed by atoms with Gasteiger partial charge in [0.05, 0.1) is 4.47 Å². The first-order valence-electron chi connectivity index (χ1n) is 5.95. The molecule has 20 heavy (non-hydrogen) atoms. The zero-order valence-corrected chi connectivity index (χ0v) is 12.6. The highest BCUT2D eigenvalue weighted by Gasteiger charge is 2.08. The zero-order chi connectivity index (χ0) is 14.9. The number of nitrogens with zero attached hydrogens (tertiary/aromatic N) is 1. The van der Waals surface area contributed by atoms with Crippen molar-refractivity contribution in [2.24, 2.45) is 4.99 Å². The molecule has 0 unspecified atom stereocenters. The van der Waals surface area contributed by atoms with Crippen LogP contribution in [0.15, 0.2) is 39.8 Å². The van der Waals surface area contributed by atoms with E-state index in [4.69, 9.17) is 0 Å². The number of hydrogen-bond donors (Lipinski definition) is 3. The Labute approximate surface area is 125 Å². The highest BCUT2D eigenvalue weighted by atomic mass is 79.9. The Kier molecular flexibility index (Phi) is 3.99. The number of hydrogen-bond acceptors (Lipinski definition) is 4. The van der Waals surface area contributed by atoms with Gasteiger partial charge in [0, 0.05) is 11.8 Å². The fourth-order valence-electron chi connectivity index (χ4n) is 1.78. The molecule has 3 N–H and O–H groups in total. The van der Waals surface area contributed by atoms with Gasteiger partial charge in [0.2, 0.25) is 0 Å². The monoisotopic (exact) mass is 335 g/mol. The number of phenolic OH excluding ortho intramolecular Hbond substituents is 3. The van der Waals surface area contributed by atoms with Crippen LogP contribution < -0.4 is 0 Å². The fraction of sp³-hybridized carbons (Fsp3) is 0.133. The van der Waals surface area contributed by atoms with Crippen LogP contribution in [0.3, 0.4) is 0 Å². The molecule has 2 rings (SSSR count). The first-order valence-corrected chi connectivity index (χ1v) is 6.74. The van der Waals surface area contributed by atoms with Crippen molar-refractivity contribution in [1.82, 2.24) is 0 Å². The first kappa shape index (κ1) is 14.4. The number of benzene rings is 2. The van der Waals surface area contributed by atoms with Crippen LogP contribution in [0.1, 0.15) is 18.1 Å². The van der Waals surface area contributed by atoms with Crippen molar-refractivity contribution in [3.05, 3.63) is 45.9 Å². The quantitative estimate of drug-likeness (QED) is 0.573. The van der Waals surface area contributed by atoms with Gasteiger partial charge in [-0.25, -0.2) is 4.99 Å². The van der Waals surface area contributed by atoms with Gasteiger partial charge in [0.1, 0.15) is 17.2 Å². The van der Waals surface area contributed by atoms with Crippen molar-refractivity contribution in [3.8, 4) is 17.2 Å². The summed E-state index contributed by atoms with van der Waals surface area (Å²) in [4.78, 5) is 4.32. The molecule has 0 aliphatic carbocycles. The van der Waals surface area contributed by atoms with Crippen molar-refractivity contribution in [1.29, 1.82) is 0 Å². The lowest BCUT2D eigenvalue weighted by Crippen LogP contribution is -1.94. The molecule has 2 aromatic carbocycles. The maximum Gasteiger partial charge on any atom is 0.155 e. The minimum Gasteiger partial charge on any atom is -0.508 e. The molecule has 104 valence electrons. The molecule has 0 aliphatic heterocycles. The van der Waals surface area contributed by atoms with Crippen LogP contribution in [0.4, 0.5) is 5.69 Å². The second-order valence-electron chi connectivity index (χ2n) is 4.49. The average molecular weight is 336 g/mol. The fourth-order valence-corrected chi connectivity index (χ4v) is 2.22. The Morgan fingerprint density at radius 1 is 1.10 bits per heavy atom. The van der Waals surface area contributed by atoms with Gasteiger partial charge in [-0.3, -0.25) is 0 Å². The molecule has 0 saturated heterocycles. The Morgan fingerprint density at radius 3 is 2.45 bits per heavy atom. The molecule has 0 aliphatic rings. The van der Waals surface area contributed by atoms with Gasteiger partial charge in [0.25, 0.3) is 0 Å². The Hall–Kier alpha value is -2.01. The van der Waals surface area contributed by atoms with Gasteiger partial charge in [0.15, 0.2) is 5.75 Å². The smallest absolute Gasteiger partial charge is 0.155 e. The van der Waals surface area contributed by atoms with Crippen molar-refractivity contribution in [2.45, 2.75) is 13.8 Å². The summed E-state index contributed by atoms with van der Waals surface area (Å²) in [5.74, 6) is 0.213. The van der Waals surface area contributed by atoms with Gasteiger partial charge < -0.3 is 15.3 Å². The molecule has 0 heterocycles. The van der Waals surface area contributed by atoms with Gasteiger partial charge in [-0.15, -0.1) is 0 Å². The SMILES string of the molecule is C/C(=N\c1cc(O)cc(Br)c1O)c1ccc(O)c(C)c1. The van der Waals surface area contributed by atoms with E-state index in [1.165, 1.54) is 12.1 Å². The lowest BCUT2D eigenvalue weighted by Gasteiger charge is -2.07. The molecular formula is C15H14BrNO3. The van der Waals surface area contributed by atoms with Crippen LogP contribution in [0.5, 0.6) is 17.2 Å². The van der Waals surface area contributed by atoms with Crippen LogP contribution in [0.2, 0.25) is 0 Å². The van der Waals surface area contributed by atoms with Crippen LogP contribution >= 0.6 is 15.9 Å². The van der Waals surface area contributed by atoms with E-state index in [1.807, 2.05) is 6.07 Å². The van der Waals surface area contributed by atoms with Crippen molar-refractivity contribution < 1.29 is 15.3 Å². The number of aromatic hydroxyl groups is 3. The summed E-state index contributed by atoms with van der Waals surface area (Å²) in [6, 6.07) is 7.94. The summed E-state index contributed by atoms with van der Waals surface area (Å²) in [6.07, 6.45) is 0. The van der Waals surface area contributed by atoms with Crippen molar-refractivity contribution in [2.75, 3.05) is 0 Å². The largest absolute Gasteiger partial charge is 0.508 e. The molecule has 4 nitrogen and oxygen atoms in total. The summed E-state index contributed by atoms with van der Waals surface area (Å²) in [6.45, 7) is 3.59. The van der Waals surface area contributed by atoms with Gasteiger partial charge >= 0.3 is 0 Å². The molecule has 5 heteroatoms. The van der Waals surface area contributed by atoms with Crippen LogP contribution in [-0.2, 0) is 0 Å². The van der Waals surface area contributed by atoms with E-state index >= 15 is 0 Å².